The number of aryl methyl sites for hydroxylation is 1. The fraction of sp³-hybridized carbons (Fsp3) is 0.571. The molecule has 1 atom stereocenters. The SMILES string of the molecule is CCc1cc(NCC2CNCCO2)ccc1OC. The van der Waals surface area contributed by atoms with Crippen molar-refractivity contribution >= 4 is 5.69 Å². The Hall–Kier alpha value is -1.26. The predicted molar refractivity (Wildman–Crippen MR) is 73.5 cm³/mol. The van der Waals surface area contributed by atoms with Crippen LogP contribution in [0.2, 0.25) is 0 Å². The van der Waals surface area contributed by atoms with Gasteiger partial charge in [-0.25, -0.2) is 0 Å². The zero-order valence-electron chi connectivity index (χ0n) is 11.2. The van der Waals surface area contributed by atoms with Crippen LogP contribution in [-0.2, 0) is 11.2 Å². The van der Waals surface area contributed by atoms with E-state index in [1.165, 1.54) is 5.56 Å². The van der Waals surface area contributed by atoms with Gasteiger partial charge < -0.3 is 20.1 Å². The van der Waals surface area contributed by atoms with Crippen LogP contribution in [0.1, 0.15) is 12.5 Å². The van der Waals surface area contributed by atoms with Gasteiger partial charge in [0.2, 0.25) is 0 Å². The molecule has 1 aromatic carbocycles. The summed E-state index contributed by atoms with van der Waals surface area (Å²) in [5, 5.41) is 6.75. The van der Waals surface area contributed by atoms with E-state index in [4.69, 9.17) is 9.47 Å². The zero-order valence-corrected chi connectivity index (χ0v) is 11.2. The van der Waals surface area contributed by atoms with Gasteiger partial charge in [-0.15, -0.1) is 0 Å². The van der Waals surface area contributed by atoms with E-state index in [0.29, 0.717) is 0 Å². The molecule has 0 saturated carbocycles. The van der Waals surface area contributed by atoms with Crippen molar-refractivity contribution in [1.82, 2.24) is 5.32 Å². The molecule has 1 aliphatic rings. The van der Waals surface area contributed by atoms with Gasteiger partial charge in [0.1, 0.15) is 5.75 Å². The summed E-state index contributed by atoms with van der Waals surface area (Å²) in [6.07, 6.45) is 1.23. The summed E-state index contributed by atoms with van der Waals surface area (Å²) in [6, 6.07) is 6.21. The van der Waals surface area contributed by atoms with Crippen LogP contribution < -0.4 is 15.4 Å². The average Bonchev–Trinajstić information content (AvgIpc) is 2.45. The summed E-state index contributed by atoms with van der Waals surface area (Å²) in [7, 11) is 1.71. The number of nitrogens with one attached hydrogen (secondary N) is 2. The number of anilines is 1. The smallest absolute Gasteiger partial charge is 0.122 e. The first-order valence-corrected chi connectivity index (χ1v) is 6.56. The van der Waals surface area contributed by atoms with E-state index >= 15 is 0 Å². The third-order valence-corrected chi connectivity index (χ3v) is 3.20. The number of ether oxygens (including phenoxy) is 2. The largest absolute Gasteiger partial charge is 0.496 e. The second-order valence-electron chi connectivity index (χ2n) is 4.46. The highest BCUT2D eigenvalue weighted by molar-refractivity contribution is 5.51. The second kappa shape index (κ2) is 6.61. The molecule has 1 unspecified atom stereocenters. The Morgan fingerprint density at radius 3 is 3.06 bits per heavy atom. The molecule has 4 heteroatoms. The Kier molecular flexibility index (Phi) is 4.84. The molecule has 0 bridgehead atoms. The van der Waals surface area contributed by atoms with Crippen molar-refractivity contribution in [3.63, 3.8) is 0 Å². The standard InChI is InChI=1S/C14H22N2O2/c1-3-11-8-12(4-5-14(11)17-2)16-10-13-9-15-6-7-18-13/h4-5,8,13,15-16H,3,6-7,9-10H2,1-2H3. The molecule has 0 amide bonds. The van der Waals surface area contributed by atoms with E-state index in [1.54, 1.807) is 7.11 Å². The van der Waals surface area contributed by atoms with Crippen molar-refractivity contribution in [2.45, 2.75) is 19.4 Å². The second-order valence-corrected chi connectivity index (χ2v) is 4.46. The minimum Gasteiger partial charge on any atom is -0.496 e. The van der Waals surface area contributed by atoms with Crippen molar-refractivity contribution in [3.8, 4) is 5.75 Å². The molecule has 18 heavy (non-hydrogen) atoms. The van der Waals surface area contributed by atoms with Crippen LogP contribution in [0.25, 0.3) is 0 Å². The maximum Gasteiger partial charge on any atom is 0.122 e. The van der Waals surface area contributed by atoms with Crippen molar-refractivity contribution in [3.05, 3.63) is 23.8 Å². The first-order chi connectivity index (χ1) is 8.83. The van der Waals surface area contributed by atoms with Crippen LogP contribution in [0.15, 0.2) is 18.2 Å². The Morgan fingerprint density at radius 1 is 1.50 bits per heavy atom. The first kappa shape index (κ1) is 13.2. The van der Waals surface area contributed by atoms with Gasteiger partial charge in [0, 0.05) is 25.3 Å². The monoisotopic (exact) mass is 250 g/mol. The highest BCUT2D eigenvalue weighted by atomic mass is 16.5. The lowest BCUT2D eigenvalue weighted by Gasteiger charge is -2.24. The summed E-state index contributed by atoms with van der Waals surface area (Å²) >= 11 is 0. The average molecular weight is 250 g/mol. The summed E-state index contributed by atoms with van der Waals surface area (Å²) < 4.78 is 11.0. The molecule has 0 radical (unpaired) electrons. The molecule has 0 aliphatic carbocycles. The van der Waals surface area contributed by atoms with E-state index in [0.717, 1.165) is 44.1 Å². The number of benzene rings is 1. The predicted octanol–water partition coefficient (Wildman–Crippen LogP) is 1.66. The number of hydrogen-bond donors (Lipinski definition) is 2. The lowest BCUT2D eigenvalue weighted by atomic mass is 10.1. The zero-order chi connectivity index (χ0) is 12.8. The van der Waals surface area contributed by atoms with Gasteiger partial charge in [0.25, 0.3) is 0 Å². The van der Waals surface area contributed by atoms with Crippen molar-refractivity contribution in [2.75, 3.05) is 38.7 Å². The number of morpholine rings is 1. The fourth-order valence-electron chi connectivity index (χ4n) is 2.15. The lowest BCUT2D eigenvalue weighted by Crippen LogP contribution is -2.42. The molecule has 0 aromatic heterocycles. The van der Waals surface area contributed by atoms with Gasteiger partial charge in [0.05, 0.1) is 19.8 Å². The molecular formula is C14H22N2O2. The van der Waals surface area contributed by atoms with Gasteiger partial charge in [-0.1, -0.05) is 6.92 Å². The quantitative estimate of drug-likeness (QED) is 0.834. The molecule has 1 heterocycles. The number of methoxy groups -OCH3 is 1. The molecule has 2 N–H and O–H groups in total. The molecule has 2 rings (SSSR count). The molecule has 1 aliphatic heterocycles. The van der Waals surface area contributed by atoms with Gasteiger partial charge in [-0.05, 0) is 30.2 Å². The van der Waals surface area contributed by atoms with Crippen LogP contribution in [0, 0.1) is 0 Å². The summed E-state index contributed by atoms with van der Waals surface area (Å²) in [4.78, 5) is 0. The Bertz CT molecular complexity index is 376. The van der Waals surface area contributed by atoms with E-state index in [-0.39, 0.29) is 6.10 Å². The van der Waals surface area contributed by atoms with Crippen LogP contribution in [0.4, 0.5) is 5.69 Å². The number of hydrogen-bond acceptors (Lipinski definition) is 4. The number of rotatable bonds is 5. The molecule has 100 valence electrons. The van der Waals surface area contributed by atoms with E-state index in [1.807, 2.05) is 12.1 Å². The summed E-state index contributed by atoms with van der Waals surface area (Å²) in [5.41, 5.74) is 2.35. The van der Waals surface area contributed by atoms with Crippen LogP contribution in [0.3, 0.4) is 0 Å². The fourth-order valence-corrected chi connectivity index (χ4v) is 2.15. The van der Waals surface area contributed by atoms with Crippen LogP contribution in [-0.4, -0.2) is 39.5 Å². The summed E-state index contributed by atoms with van der Waals surface area (Å²) in [5.74, 6) is 0.957. The van der Waals surface area contributed by atoms with E-state index in [2.05, 4.69) is 23.6 Å². The molecule has 1 saturated heterocycles. The first-order valence-electron chi connectivity index (χ1n) is 6.56. The van der Waals surface area contributed by atoms with E-state index in [9.17, 15) is 0 Å². The Balaban J connectivity index is 1.92. The minimum atomic E-state index is 0.255. The van der Waals surface area contributed by atoms with Gasteiger partial charge in [0.15, 0.2) is 0 Å². The van der Waals surface area contributed by atoms with Crippen molar-refractivity contribution in [2.24, 2.45) is 0 Å². The lowest BCUT2D eigenvalue weighted by molar-refractivity contribution is 0.0372. The van der Waals surface area contributed by atoms with Crippen molar-refractivity contribution in [1.29, 1.82) is 0 Å². The maximum atomic E-state index is 5.65. The van der Waals surface area contributed by atoms with Gasteiger partial charge in [-0.2, -0.15) is 0 Å². The van der Waals surface area contributed by atoms with Crippen molar-refractivity contribution < 1.29 is 9.47 Å². The molecule has 0 spiro atoms. The minimum absolute atomic E-state index is 0.255. The molecule has 1 fully saturated rings. The normalized spacial score (nSPS) is 19.6. The Labute approximate surface area is 109 Å². The third-order valence-electron chi connectivity index (χ3n) is 3.20. The third kappa shape index (κ3) is 3.37. The summed E-state index contributed by atoms with van der Waals surface area (Å²) in [6.45, 7) is 5.65. The van der Waals surface area contributed by atoms with E-state index < -0.39 is 0 Å². The molecule has 1 aromatic rings. The highest BCUT2D eigenvalue weighted by Crippen LogP contribution is 2.23. The highest BCUT2D eigenvalue weighted by Gasteiger charge is 2.12. The maximum absolute atomic E-state index is 5.65. The molecular weight excluding hydrogens is 228 g/mol. The van der Waals surface area contributed by atoms with Gasteiger partial charge >= 0.3 is 0 Å². The Morgan fingerprint density at radius 2 is 2.39 bits per heavy atom. The topological polar surface area (TPSA) is 42.5 Å². The van der Waals surface area contributed by atoms with Gasteiger partial charge in [-0.3, -0.25) is 0 Å². The van der Waals surface area contributed by atoms with Crippen LogP contribution in [0.5, 0.6) is 5.75 Å². The molecule has 4 nitrogen and oxygen atoms in total. The van der Waals surface area contributed by atoms with Crippen LogP contribution >= 0.6 is 0 Å².